The van der Waals surface area contributed by atoms with Crippen LogP contribution in [0.1, 0.15) is 54.9 Å². The summed E-state index contributed by atoms with van der Waals surface area (Å²) < 4.78 is 15.5. The fourth-order valence-corrected chi connectivity index (χ4v) is 5.12. The molecule has 0 saturated heterocycles. The van der Waals surface area contributed by atoms with Gasteiger partial charge in [-0.15, -0.1) is 6.58 Å². The van der Waals surface area contributed by atoms with Crippen molar-refractivity contribution in [3.8, 4) is 11.3 Å². The van der Waals surface area contributed by atoms with Crippen molar-refractivity contribution in [2.24, 2.45) is 0 Å². The quantitative estimate of drug-likeness (QED) is 0.117. The Labute approximate surface area is 242 Å². The summed E-state index contributed by atoms with van der Waals surface area (Å²) in [5, 5.41) is 9.83. The maximum absolute atomic E-state index is 13.4. The molecule has 0 spiro atoms. The van der Waals surface area contributed by atoms with Crippen LogP contribution in [0.3, 0.4) is 0 Å². The Morgan fingerprint density at radius 2 is 1.95 bits per heavy atom. The first-order chi connectivity index (χ1) is 19.8. The van der Waals surface area contributed by atoms with Crippen molar-refractivity contribution in [1.82, 2.24) is 25.1 Å². The highest BCUT2D eigenvalue weighted by Crippen LogP contribution is 2.32. The van der Waals surface area contributed by atoms with Gasteiger partial charge in [0.2, 0.25) is 6.41 Å². The minimum Gasteiger partial charge on any atom is -0.385 e. The molecule has 0 radical (unpaired) electrons. The molecule has 0 saturated carbocycles. The van der Waals surface area contributed by atoms with Crippen LogP contribution in [0.25, 0.3) is 23.2 Å². The molecule has 4 rings (SSSR count). The summed E-state index contributed by atoms with van der Waals surface area (Å²) in [6.07, 6.45) is 10.7. The van der Waals surface area contributed by atoms with Crippen molar-refractivity contribution in [1.29, 1.82) is 0 Å². The number of anilines is 1. The number of nitrogens with one attached hydrogen (secondary N) is 3. The number of nitrogens with zero attached hydrogens (tertiary/aromatic N) is 3. The normalized spacial score (nSPS) is 15.5. The molecule has 3 atom stereocenters. The molecule has 216 valence electrons. The number of carbonyl (C=O) groups excluding carboxylic acids is 1. The number of amides is 1. The van der Waals surface area contributed by atoms with Crippen molar-refractivity contribution < 1.29 is 9.18 Å². The number of hydrogen-bond acceptors (Lipinski definition) is 5. The van der Waals surface area contributed by atoms with Gasteiger partial charge < -0.3 is 20.9 Å². The Balaban J connectivity index is 1.39. The highest BCUT2D eigenvalue weighted by Gasteiger charge is 2.25. The van der Waals surface area contributed by atoms with Gasteiger partial charge in [0.1, 0.15) is 6.17 Å². The minimum atomic E-state index is -0.861. The van der Waals surface area contributed by atoms with Crippen LogP contribution < -0.4 is 16.0 Å². The first kappa shape index (κ1) is 29.6. The van der Waals surface area contributed by atoms with Crippen molar-refractivity contribution in [2.45, 2.75) is 57.9 Å². The van der Waals surface area contributed by atoms with E-state index < -0.39 is 6.17 Å². The van der Waals surface area contributed by atoms with E-state index in [0.717, 1.165) is 77.4 Å². The highest BCUT2D eigenvalue weighted by molar-refractivity contribution is 5.68. The number of halogens is 1. The van der Waals surface area contributed by atoms with Gasteiger partial charge in [-0.05, 0) is 56.4 Å². The minimum absolute atomic E-state index is 0.0187. The van der Waals surface area contributed by atoms with Gasteiger partial charge in [-0.3, -0.25) is 9.36 Å². The van der Waals surface area contributed by atoms with E-state index in [1.165, 1.54) is 0 Å². The molecule has 2 heterocycles. The number of alkyl halides is 1. The predicted octanol–water partition coefficient (Wildman–Crippen LogP) is 6.27. The molecule has 3 N–H and O–H groups in total. The lowest BCUT2D eigenvalue weighted by Gasteiger charge is -2.32. The third-order valence-electron chi connectivity index (χ3n) is 7.40. The number of imidazole rings is 1. The molecule has 0 aliphatic carbocycles. The number of aromatic nitrogens is 2. The van der Waals surface area contributed by atoms with E-state index in [-0.39, 0.29) is 12.2 Å². The number of aryl methyl sites for hydroxylation is 1. The smallest absolute Gasteiger partial charge is 0.207 e. The van der Waals surface area contributed by atoms with Crippen LogP contribution in [0.5, 0.6) is 0 Å². The van der Waals surface area contributed by atoms with E-state index in [4.69, 9.17) is 4.98 Å². The van der Waals surface area contributed by atoms with E-state index in [1.54, 1.807) is 13.0 Å². The van der Waals surface area contributed by atoms with Crippen LogP contribution in [-0.4, -0.2) is 46.7 Å². The van der Waals surface area contributed by atoms with E-state index in [9.17, 15) is 9.18 Å². The topological polar surface area (TPSA) is 74.2 Å². The lowest BCUT2D eigenvalue weighted by Crippen LogP contribution is -2.31. The summed E-state index contributed by atoms with van der Waals surface area (Å²) in [4.78, 5) is 17.5. The van der Waals surface area contributed by atoms with E-state index in [2.05, 4.69) is 63.7 Å². The summed E-state index contributed by atoms with van der Waals surface area (Å²) in [6, 6.07) is 14.3. The Kier molecular flexibility index (Phi) is 10.0. The standard InChI is InChI=1S/C33H41FN6O/c1-6-28(37-22-41)9-7-8-16-35-25(4)30-15-14-29(19-23(30)2)38-33-32-36-21-31(40(32)18-17-39(33)5)27-12-10-26(11-13-27)20-24(3)34/h6,10-15,17-19,21-22,24,28,33,35,38H,1,4,7-9,16,20H2,2-3,5H3,(H,37,41). The molecule has 1 aliphatic rings. The summed E-state index contributed by atoms with van der Waals surface area (Å²) in [7, 11) is 2.03. The highest BCUT2D eigenvalue weighted by atomic mass is 19.1. The molecule has 1 amide bonds. The molecule has 8 heteroatoms. The number of carbonyl (C=O) groups is 1. The zero-order chi connectivity index (χ0) is 29.4. The zero-order valence-corrected chi connectivity index (χ0v) is 24.2. The molecular weight excluding hydrogens is 515 g/mol. The monoisotopic (exact) mass is 556 g/mol. The second-order valence-corrected chi connectivity index (χ2v) is 10.6. The Morgan fingerprint density at radius 1 is 1.17 bits per heavy atom. The molecule has 1 aromatic heterocycles. The lowest BCUT2D eigenvalue weighted by molar-refractivity contribution is -0.109. The van der Waals surface area contributed by atoms with Crippen molar-refractivity contribution >= 4 is 24.0 Å². The zero-order valence-electron chi connectivity index (χ0n) is 24.2. The molecule has 3 unspecified atom stereocenters. The Hall–Kier alpha value is -4.33. The van der Waals surface area contributed by atoms with Crippen LogP contribution in [0.15, 0.2) is 74.1 Å². The summed E-state index contributed by atoms with van der Waals surface area (Å²) in [5.41, 5.74) is 7.10. The van der Waals surface area contributed by atoms with Gasteiger partial charge in [0.15, 0.2) is 12.0 Å². The van der Waals surface area contributed by atoms with Gasteiger partial charge in [0.25, 0.3) is 0 Å². The third-order valence-corrected chi connectivity index (χ3v) is 7.40. The van der Waals surface area contributed by atoms with Crippen LogP contribution >= 0.6 is 0 Å². The average molecular weight is 557 g/mol. The van der Waals surface area contributed by atoms with Gasteiger partial charge in [0, 0.05) is 61.0 Å². The maximum Gasteiger partial charge on any atom is 0.207 e. The molecule has 2 aromatic carbocycles. The molecular formula is C33H41FN6O. The SMILES string of the molecule is C=CC(CCCCNC(=C)c1ccc(NC2c3ncc(-c4ccc(CC(C)F)cc4)n3C=CN2C)cc1C)NC=O. The first-order valence-corrected chi connectivity index (χ1v) is 14.1. The van der Waals surface area contributed by atoms with Gasteiger partial charge in [-0.2, -0.15) is 0 Å². The van der Waals surface area contributed by atoms with Gasteiger partial charge in [0.05, 0.1) is 11.9 Å². The second-order valence-electron chi connectivity index (χ2n) is 10.6. The van der Waals surface area contributed by atoms with E-state index >= 15 is 0 Å². The fourth-order valence-electron chi connectivity index (χ4n) is 5.12. The number of fused-ring (bicyclic) bond motifs is 1. The molecule has 3 aromatic rings. The van der Waals surface area contributed by atoms with E-state index in [0.29, 0.717) is 6.42 Å². The van der Waals surface area contributed by atoms with Gasteiger partial charge in [-0.25, -0.2) is 9.37 Å². The van der Waals surface area contributed by atoms with Crippen LogP contribution in [-0.2, 0) is 11.2 Å². The summed E-state index contributed by atoms with van der Waals surface area (Å²) >= 11 is 0. The second kappa shape index (κ2) is 13.8. The predicted molar refractivity (Wildman–Crippen MR) is 167 cm³/mol. The third kappa shape index (κ3) is 7.45. The number of rotatable bonds is 15. The number of hydrogen-bond donors (Lipinski definition) is 3. The molecule has 41 heavy (non-hydrogen) atoms. The van der Waals surface area contributed by atoms with Crippen molar-refractivity contribution in [2.75, 3.05) is 18.9 Å². The van der Waals surface area contributed by atoms with Crippen molar-refractivity contribution in [3.63, 3.8) is 0 Å². The molecule has 0 fully saturated rings. The van der Waals surface area contributed by atoms with Crippen LogP contribution in [0, 0.1) is 6.92 Å². The summed E-state index contributed by atoms with van der Waals surface area (Å²) in [6.45, 7) is 12.5. The largest absolute Gasteiger partial charge is 0.385 e. The fraction of sp³-hybridized carbons (Fsp3) is 0.333. The average Bonchev–Trinajstić information content (AvgIpc) is 3.38. The maximum atomic E-state index is 13.4. The van der Waals surface area contributed by atoms with Crippen molar-refractivity contribution in [3.05, 3.63) is 96.6 Å². The van der Waals surface area contributed by atoms with Crippen LogP contribution in [0.2, 0.25) is 0 Å². The first-order valence-electron chi connectivity index (χ1n) is 14.1. The van der Waals surface area contributed by atoms with E-state index in [1.807, 2.05) is 49.9 Å². The lowest BCUT2D eigenvalue weighted by atomic mass is 10.0. The molecule has 1 aliphatic heterocycles. The number of unbranched alkanes of at least 4 members (excludes halogenated alkanes) is 1. The van der Waals surface area contributed by atoms with Gasteiger partial charge in [-0.1, -0.05) is 43.0 Å². The Bertz CT molecular complexity index is 1380. The molecule has 7 nitrogen and oxygen atoms in total. The van der Waals surface area contributed by atoms with Crippen LogP contribution in [0.4, 0.5) is 10.1 Å². The van der Waals surface area contributed by atoms with Gasteiger partial charge >= 0.3 is 0 Å². The molecule has 0 bridgehead atoms. The Morgan fingerprint density at radius 3 is 2.63 bits per heavy atom. The number of benzene rings is 2. The summed E-state index contributed by atoms with van der Waals surface area (Å²) in [5.74, 6) is 0.890.